The number of anilines is 1. The molecule has 23 heavy (non-hydrogen) atoms. The van der Waals surface area contributed by atoms with Crippen LogP contribution in [0.3, 0.4) is 0 Å². The van der Waals surface area contributed by atoms with Crippen LogP contribution in [-0.2, 0) is 10.9 Å². The molecular weight excluding hydrogens is 311 g/mol. The lowest BCUT2D eigenvalue weighted by Crippen LogP contribution is -2.13. The zero-order valence-corrected chi connectivity index (χ0v) is 12.0. The molecule has 0 heterocycles. The van der Waals surface area contributed by atoms with Crippen LogP contribution in [0.15, 0.2) is 48.5 Å². The molecule has 0 saturated carbocycles. The molecule has 2 aromatic carbocycles. The molecule has 0 aromatic heterocycles. The highest BCUT2D eigenvalue weighted by atomic mass is 19.4. The molecule has 2 aromatic rings. The standard InChI is InChI=1S/C16H12F3NO3/c1-23-15(22)11-4-2-10(3-5-11)14(21)20-13-8-6-12(7-9-13)16(17,18)19/h2-9H,1H3,(H,20,21). The SMILES string of the molecule is COC(=O)c1ccc(C(=O)Nc2ccc(C(F)(F)F)cc2)cc1. The molecule has 0 saturated heterocycles. The summed E-state index contributed by atoms with van der Waals surface area (Å²) < 4.78 is 41.9. The molecule has 0 radical (unpaired) electrons. The number of rotatable bonds is 3. The van der Waals surface area contributed by atoms with Gasteiger partial charge in [0.1, 0.15) is 0 Å². The van der Waals surface area contributed by atoms with Crippen molar-refractivity contribution in [2.75, 3.05) is 12.4 Å². The number of methoxy groups -OCH3 is 1. The molecule has 120 valence electrons. The number of ether oxygens (including phenoxy) is 1. The maximum atomic E-state index is 12.5. The molecule has 0 aliphatic carbocycles. The van der Waals surface area contributed by atoms with Crippen molar-refractivity contribution < 1.29 is 27.5 Å². The van der Waals surface area contributed by atoms with Crippen molar-refractivity contribution in [3.63, 3.8) is 0 Å². The second-order valence-corrected chi connectivity index (χ2v) is 4.60. The minimum absolute atomic E-state index is 0.236. The fourth-order valence-corrected chi connectivity index (χ4v) is 1.82. The Kier molecular flexibility index (Phi) is 4.68. The van der Waals surface area contributed by atoms with Crippen molar-refractivity contribution in [2.45, 2.75) is 6.18 Å². The van der Waals surface area contributed by atoms with Gasteiger partial charge in [0.15, 0.2) is 0 Å². The van der Waals surface area contributed by atoms with E-state index < -0.39 is 23.6 Å². The van der Waals surface area contributed by atoms with E-state index in [0.29, 0.717) is 5.56 Å². The molecule has 0 fully saturated rings. The molecule has 7 heteroatoms. The molecule has 2 rings (SSSR count). The molecule has 1 N–H and O–H groups in total. The molecule has 0 aliphatic heterocycles. The van der Waals surface area contributed by atoms with Crippen LogP contribution >= 0.6 is 0 Å². The molecule has 0 aliphatic rings. The predicted octanol–water partition coefficient (Wildman–Crippen LogP) is 3.74. The molecule has 4 nitrogen and oxygen atoms in total. The number of nitrogens with one attached hydrogen (secondary N) is 1. The van der Waals surface area contributed by atoms with Crippen LogP contribution in [0.25, 0.3) is 0 Å². The topological polar surface area (TPSA) is 55.4 Å². The Bertz CT molecular complexity index is 707. The highest BCUT2D eigenvalue weighted by molar-refractivity contribution is 6.04. The Labute approximate surface area is 129 Å². The largest absolute Gasteiger partial charge is 0.465 e. The summed E-state index contributed by atoms with van der Waals surface area (Å²) >= 11 is 0. The zero-order valence-electron chi connectivity index (χ0n) is 12.0. The Morgan fingerprint density at radius 1 is 0.913 bits per heavy atom. The first-order valence-corrected chi connectivity index (χ1v) is 6.48. The van der Waals surface area contributed by atoms with E-state index in [1.165, 1.54) is 43.5 Å². The number of alkyl halides is 3. The molecule has 1 amide bonds. The lowest BCUT2D eigenvalue weighted by molar-refractivity contribution is -0.137. The molecule has 0 atom stereocenters. The van der Waals surface area contributed by atoms with Gasteiger partial charge in [-0.1, -0.05) is 0 Å². The number of benzene rings is 2. The fourth-order valence-electron chi connectivity index (χ4n) is 1.82. The quantitative estimate of drug-likeness (QED) is 0.875. The highest BCUT2D eigenvalue weighted by Crippen LogP contribution is 2.29. The van der Waals surface area contributed by atoms with Crippen LogP contribution in [-0.4, -0.2) is 19.0 Å². The molecule has 0 bridgehead atoms. The Morgan fingerprint density at radius 2 is 1.43 bits per heavy atom. The van der Waals surface area contributed by atoms with Gasteiger partial charge >= 0.3 is 12.1 Å². The Balaban J connectivity index is 2.08. The maximum Gasteiger partial charge on any atom is 0.416 e. The number of hydrogen-bond acceptors (Lipinski definition) is 3. The van der Waals surface area contributed by atoms with Crippen molar-refractivity contribution in [3.8, 4) is 0 Å². The van der Waals surface area contributed by atoms with E-state index in [1.54, 1.807) is 0 Å². The predicted molar refractivity (Wildman–Crippen MR) is 77.2 cm³/mol. The summed E-state index contributed by atoms with van der Waals surface area (Å²) in [6.45, 7) is 0. The van der Waals surface area contributed by atoms with Gasteiger partial charge in [-0.3, -0.25) is 4.79 Å². The van der Waals surface area contributed by atoms with Gasteiger partial charge < -0.3 is 10.1 Å². The van der Waals surface area contributed by atoms with Crippen LogP contribution in [0.5, 0.6) is 0 Å². The van der Waals surface area contributed by atoms with Crippen molar-refractivity contribution in [1.82, 2.24) is 0 Å². The summed E-state index contributed by atoms with van der Waals surface area (Å²) in [6, 6.07) is 9.80. The van der Waals surface area contributed by atoms with Gasteiger partial charge in [0.2, 0.25) is 0 Å². The summed E-state index contributed by atoms with van der Waals surface area (Å²) in [5.74, 6) is -1.03. The summed E-state index contributed by atoms with van der Waals surface area (Å²) in [7, 11) is 1.24. The smallest absolute Gasteiger partial charge is 0.416 e. The van der Waals surface area contributed by atoms with E-state index in [9.17, 15) is 22.8 Å². The first-order chi connectivity index (χ1) is 10.8. The summed E-state index contributed by atoms with van der Waals surface area (Å²) in [5.41, 5.74) is -0.00546. The third kappa shape index (κ3) is 4.09. The van der Waals surface area contributed by atoms with E-state index in [1.807, 2.05) is 0 Å². The van der Waals surface area contributed by atoms with E-state index >= 15 is 0 Å². The number of amides is 1. The minimum Gasteiger partial charge on any atom is -0.465 e. The average molecular weight is 323 g/mol. The first-order valence-electron chi connectivity index (χ1n) is 6.48. The van der Waals surface area contributed by atoms with Gasteiger partial charge in [0, 0.05) is 11.3 Å². The lowest BCUT2D eigenvalue weighted by atomic mass is 10.1. The first kappa shape index (κ1) is 16.5. The van der Waals surface area contributed by atoms with Crippen molar-refractivity contribution in [1.29, 1.82) is 0 Å². The molecular formula is C16H12F3NO3. The molecule has 0 spiro atoms. The van der Waals surface area contributed by atoms with Gasteiger partial charge in [0.25, 0.3) is 5.91 Å². The van der Waals surface area contributed by atoms with Crippen LogP contribution in [0.2, 0.25) is 0 Å². The van der Waals surface area contributed by atoms with Crippen molar-refractivity contribution >= 4 is 17.6 Å². The third-order valence-corrected chi connectivity index (χ3v) is 3.04. The number of carbonyl (C=O) groups excluding carboxylic acids is 2. The van der Waals surface area contributed by atoms with Gasteiger partial charge in [0.05, 0.1) is 18.2 Å². The van der Waals surface area contributed by atoms with Gasteiger partial charge in [-0.25, -0.2) is 4.79 Å². The summed E-state index contributed by atoms with van der Waals surface area (Å²) in [5, 5.41) is 2.48. The zero-order chi connectivity index (χ0) is 17.0. The van der Waals surface area contributed by atoms with Crippen LogP contribution in [0.4, 0.5) is 18.9 Å². The van der Waals surface area contributed by atoms with E-state index in [0.717, 1.165) is 12.1 Å². The van der Waals surface area contributed by atoms with Gasteiger partial charge in [-0.05, 0) is 48.5 Å². The second-order valence-electron chi connectivity index (χ2n) is 4.60. The van der Waals surface area contributed by atoms with Gasteiger partial charge in [-0.15, -0.1) is 0 Å². The number of hydrogen-bond donors (Lipinski definition) is 1. The Morgan fingerprint density at radius 3 is 1.91 bits per heavy atom. The summed E-state index contributed by atoms with van der Waals surface area (Å²) in [6.07, 6.45) is -4.42. The monoisotopic (exact) mass is 323 g/mol. The van der Waals surface area contributed by atoms with Crippen LogP contribution < -0.4 is 5.32 Å². The van der Waals surface area contributed by atoms with Crippen molar-refractivity contribution in [2.24, 2.45) is 0 Å². The number of halogens is 3. The number of carbonyl (C=O) groups is 2. The van der Waals surface area contributed by atoms with E-state index in [4.69, 9.17) is 0 Å². The third-order valence-electron chi connectivity index (χ3n) is 3.04. The maximum absolute atomic E-state index is 12.5. The lowest BCUT2D eigenvalue weighted by Gasteiger charge is -2.09. The highest BCUT2D eigenvalue weighted by Gasteiger charge is 2.29. The normalized spacial score (nSPS) is 11.0. The van der Waals surface area contributed by atoms with E-state index in [2.05, 4.69) is 10.1 Å². The van der Waals surface area contributed by atoms with Crippen molar-refractivity contribution in [3.05, 3.63) is 65.2 Å². The van der Waals surface area contributed by atoms with E-state index in [-0.39, 0.29) is 11.3 Å². The fraction of sp³-hybridized carbons (Fsp3) is 0.125. The molecule has 0 unspecified atom stereocenters. The second kappa shape index (κ2) is 6.51. The average Bonchev–Trinajstić information content (AvgIpc) is 2.54. The van der Waals surface area contributed by atoms with Crippen LogP contribution in [0.1, 0.15) is 26.3 Å². The minimum atomic E-state index is -4.42. The number of esters is 1. The summed E-state index contributed by atoms with van der Waals surface area (Å²) in [4.78, 5) is 23.3. The Hall–Kier alpha value is -2.83. The van der Waals surface area contributed by atoms with Gasteiger partial charge in [-0.2, -0.15) is 13.2 Å². The van der Waals surface area contributed by atoms with Crippen LogP contribution in [0, 0.1) is 0 Å².